The average Bonchev–Trinajstić information content (AvgIpc) is 3.45. The first-order valence-corrected chi connectivity index (χ1v) is 13.8. The number of carbonyl (C=O) groups is 1. The van der Waals surface area contributed by atoms with Gasteiger partial charge in [0.2, 0.25) is 0 Å². The Morgan fingerprint density at radius 2 is 1.69 bits per heavy atom. The fraction of sp³-hybridized carbons (Fsp3) is 0.500. The average molecular weight is 563 g/mol. The van der Waals surface area contributed by atoms with Gasteiger partial charge in [-0.25, -0.2) is 9.78 Å². The van der Waals surface area contributed by atoms with Crippen molar-refractivity contribution >= 4 is 39.0 Å². The number of amides is 1. The molecule has 4 heterocycles. The molecule has 0 radical (unpaired) electrons. The van der Waals surface area contributed by atoms with E-state index in [-0.39, 0.29) is 19.1 Å². The first-order chi connectivity index (χ1) is 18.2. The van der Waals surface area contributed by atoms with Gasteiger partial charge in [-0.1, -0.05) is 12.1 Å². The van der Waals surface area contributed by atoms with Crippen molar-refractivity contribution < 1.29 is 27.8 Å². The van der Waals surface area contributed by atoms with Crippen LogP contribution >= 0.6 is 11.3 Å². The highest BCUT2D eigenvalue weighted by Crippen LogP contribution is 2.43. The van der Waals surface area contributed by atoms with Crippen LogP contribution in [0.3, 0.4) is 0 Å². The van der Waals surface area contributed by atoms with Crippen LogP contribution in [0, 0.1) is 6.92 Å². The molecule has 1 N–H and O–H groups in total. The van der Waals surface area contributed by atoms with Gasteiger partial charge in [-0.3, -0.25) is 0 Å². The minimum absolute atomic E-state index is 0.111. The van der Waals surface area contributed by atoms with Crippen LogP contribution in [0.5, 0.6) is 0 Å². The second kappa shape index (κ2) is 9.85. The van der Waals surface area contributed by atoms with Gasteiger partial charge in [-0.15, -0.1) is 11.3 Å². The first kappa shape index (κ1) is 27.5. The van der Waals surface area contributed by atoms with Gasteiger partial charge in [0.15, 0.2) is 5.60 Å². The lowest BCUT2D eigenvalue weighted by Gasteiger charge is -2.36. The van der Waals surface area contributed by atoms with E-state index < -0.39 is 23.9 Å². The Hall–Kier alpha value is -3.05. The zero-order valence-electron chi connectivity index (χ0n) is 22.5. The third-order valence-corrected chi connectivity index (χ3v) is 8.22. The zero-order valence-corrected chi connectivity index (χ0v) is 23.3. The monoisotopic (exact) mass is 562 g/mol. The van der Waals surface area contributed by atoms with Crippen LogP contribution in [0.25, 0.3) is 21.5 Å². The number of rotatable bonds is 3. The van der Waals surface area contributed by atoms with Crippen molar-refractivity contribution in [1.29, 1.82) is 0 Å². The number of aliphatic hydroxyl groups is 1. The summed E-state index contributed by atoms with van der Waals surface area (Å²) in [4.78, 5) is 23.7. The number of alkyl halides is 3. The number of β-amino-alcohol motifs (C(OH)–C–C–N with tert-alkyl or cyclic N) is 1. The lowest BCUT2D eigenvalue weighted by atomic mass is 10.0. The number of benzene rings is 1. The number of pyridine rings is 1. The maximum atomic E-state index is 13.5. The summed E-state index contributed by atoms with van der Waals surface area (Å²) in [7, 11) is 0. The first-order valence-electron chi connectivity index (χ1n) is 13.0. The lowest BCUT2D eigenvalue weighted by Crippen LogP contribution is -2.50. The van der Waals surface area contributed by atoms with E-state index in [1.807, 2.05) is 64.1 Å². The number of thiophene rings is 1. The van der Waals surface area contributed by atoms with E-state index >= 15 is 0 Å². The van der Waals surface area contributed by atoms with E-state index in [9.17, 15) is 23.1 Å². The molecule has 1 aromatic carbocycles. The van der Waals surface area contributed by atoms with E-state index in [2.05, 4.69) is 4.90 Å². The Bertz CT molecular complexity index is 1360. The molecular formula is C28H33F3N4O3S. The summed E-state index contributed by atoms with van der Waals surface area (Å²) in [5.41, 5.74) is 0.680. The number of nitrogens with zero attached hydrogens (tertiary/aromatic N) is 4. The van der Waals surface area contributed by atoms with Crippen LogP contribution in [0.4, 0.5) is 29.3 Å². The van der Waals surface area contributed by atoms with Gasteiger partial charge in [-0.2, -0.15) is 13.2 Å². The molecule has 11 heteroatoms. The molecule has 39 heavy (non-hydrogen) atoms. The predicted octanol–water partition coefficient (Wildman–Crippen LogP) is 5.83. The molecule has 2 aliphatic heterocycles. The fourth-order valence-electron chi connectivity index (χ4n) is 5.05. The van der Waals surface area contributed by atoms with Gasteiger partial charge in [0.05, 0.1) is 28.1 Å². The van der Waals surface area contributed by atoms with Crippen molar-refractivity contribution in [3.8, 4) is 11.3 Å². The molecule has 0 aliphatic carbocycles. The van der Waals surface area contributed by atoms with Crippen LogP contribution in [-0.2, 0) is 4.74 Å². The number of aryl methyl sites for hydroxylation is 1. The van der Waals surface area contributed by atoms with Gasteiger partial charge in [0.25, 0.3) is 0 Å². The number of anilines is 2. The third-order valence-electron chi connectivity index (χ3n) is 7.16. The van der Waals surface area contributed by atoms with Crippen molar-refractivity contribution in [3.63, 3.8) is 0 Å². The second-order valence-electron chi connectivity index (χ2n) is 11.3. The minimum atomic E-state index is -4.68. The largest absolute Gasteiger partial charge is 0.444 e. The summed E-state index contributed by atoms with van der Waals surface area (Å²) >= 11 is 1.49. The van der Waals surface area contributed by atoms with Crippen molar-refractivity contribution in [2.75, 3.05) is 49.1 Å². The molecule has 2 aromatic heterocycles. The van der Waals surface area contributed by atoms with Gasteiger partial charge in [-0.05, 0) is 52.0 Å². The summed E-state index contributed by atoms with van der Waals surface area (Å²) in [5, 5.41) is 10.3. The van der Waals surface area contributed by atoms with Crippen LogP contribution in [0.15, 0.2) is 36.4 Å². The smallest absolute Gasteiger partial charge is 0.418 e. The molecule has 5 rings (SSSR count). The minimum Gasteiger partial charge on any atom is -0.444 e. The van der Waals surface area contributed by atoms with E-state index in [1.54, 1.807) is 9.80 Å². The Morgan fingerprint density at radius 3 is 2.28 bits per heavy atom. The Morgan fingerprint density at radius 1 is 1.03 bits per heavy atom. The summed E-state index contributed by atoms with van der Waals surface area (Å²) in [5.74, 6) is 0. The van der Waals surface area contributed by atoms with E-state index in [0.29, 0.717) is 37.6 Å². The molecule has 1 atom stereocenters. The van der Waals surface area contributed by atoms with Crippen molar-refractivity contribution in [2.24, 2.45) is 0 Å². The van der Waals surface area contributed by atoms with Crippen LogP contribution < -0.4 is 9.80 Å². The highest BCUT2D eigenvalue weighted by Gasteiger charge is 2.57. The highest BCUT2D eigenvalue weighted by atomic mass is 32.1. The van der Waals surface area contributed by atoms with Crippen LogP contribution in [0.1, 0.15) is 32.1 Å². The Balaban J connectivity index is 1.34. The number of piperazine rings is 1. The molecule has 210 valence electrons. The molecule has 1 unspecified atom stereocenters. The van der Waals surface area contributed by atoms with Crippen molar-refractivity contribution in [2.45, 2.75) is 51.5 Å². The van der Waals surface area contributed by atoms with Crippen LogP contribution in [0.2, 0.25) is 0 Å². The van der Waals surface area contributed by atoms with Crippen LogP contribution in [-0.4, -0.2) is 77.7 Å². The summed E-state index contributed by atoms with van der Waals surface area (Å²) in [6.45, 7) is 9.60. The van der Waals surface area contributed by atoms with E-state index in [1.165, 1.54) is 11.3 Å². The zero-order chi connectivity index (χ0) is 28.2. The van der Waals surface area contributed by atoms with E-state index in [0.717, 1.165) is 26.3 Å². The summed E-state index contributed by atoms with van der Waals surface area (Å²) in [6.07, 6.45) is -5.35. The number of ether oxygens (including phenoxy) is 1. The fourth-order valence-corrected chi connectivity index (χ4v) is 6.05. The molecule has 2 saturated heterocycles. The second-order valence-corrected chi connectivity index (χ2v) is 12.6. The molecule has 3 aromatic rings. The molecule has 0 saturated carbocycles. The quantitative estimate of drug-likeness (QED) is 0.433. The Kier molecular flexibility index (Phi) is 6.95. The molecule has 7 nitrogen and oxygen atoms in total. The lowest BCUT2D eigenvalue weighted by molar-refractivity contribution is -0.250. The van der Waals surface area contributed by atoms with Crippen molar-refractivity contribution in [1.82, 2.24) is 9.88 Å². The topological polar surface area (TPSA) is 69.1 Å². The number of hydrogen-bond donors (Lipinski definition) is 1. The van der Waals surface area contributed by atoms with Gasteiger partial charge >= 0.3 is 12.3 Å². The molecule has 2 aliphatic rings. The number of carbonyl (C=O) groups excluding carboxylic acids is 1. The maximum Gasteiger partial charge on any atom is 0.418 e. The van der Waals surface area contributed by atoms with Crippen molar-refractivity contribution in [3.05, 3.63) is 41.3 Å². The highest BCUT2D eigenvalue weighted by molar-refractivity contribution is 7.19. The van der Waals surface area contributed by atoms with Gasteiger partial charge in [0, 0.05) is 55.3 Å². The Labute approximate surface area is 229 Å². The molecule has 2 fully saturated rings. The third kappa shape index (κ3) is 5.65. The maximum absolute atomic E-state index is 13.5. The predicted molar refractivity (Wildman–Crippen MR) is 148 cm³/mol. The normalized spacial score (nSPS) is 20.7. The van der Waals surface area contributed by atoms with Gasteiger partial charge < -0.3 is 24.5 Å². The number of halogens is 3. The molecule has 1 amide bonds. The number of hydrogen-bond acceptors (Lipinski definition) is 7. The standard InChI is InChI=1S/C28H33F3N4O3S/c1-18-15-22-24(39-18)23(35-10-9-27(37,17-35)28(29,30)31)16-21(32-22)19-5-7-20(8-6-19)33-11-13-34(14-12-33)25(36)38-26(2,3)4/h5-8,15-16,37H,9-14,17H2,1-4H3. The number of fused-ring (bicyclic) bond motifs is 1. The summed E-state index contributed by atoms with van der Waals surface area (Å²) < 4.78 is 46.8. The SMILES string of the molecule is Cc1cc2nc(-c3ccc(N4CCN(C(=O)OC(C)(C)C)CC4)cc3)cc(N3CCC(O)(C(F)(F)F)C3)c2s1. The number of aromatic nitrogens is 1. The summed E-state index contributed by atoms with van der Waals surface area (Å²) in [6, 6.07) is 11.7. The van der Waals surface area contributed by atoms with Gasteiger partial charge in [0.1, 0.15) is 5.60 Å². The van der Waals surface area contributed by atoms with E-state index in [4.69, 9.17) is 9.72 Å². The molecule has 0 spiro atoms. The molecular weight excluding hydrogens is 529 g/mol. The molecule has 0 bridgehead atoms.